The van der Waals surface area contributed by atoms with Crippen molar-refractivity contribution in [3.05, 3.63) is 65.2 Å². The summed E-state index contributed by atoms with van der Waals surface area (Å²) in [6.07, 6.45) is 3.93. The van der Waals surface area contributed by atoms with Crippen LogP contribution < -0.4 is 4.74 Å². The van der Waals surface area contributed by atoms with Crippen LogP contribution in [0.2, 0.25) is 0 Å². The van der Waals surface area contributed by atoms with E-state index in [4.69, 9.17) is 10.00 Å². The molecule has 2 nitrogen and oxygen atoms in total. The predicted molar refractivity (Wildman–Crippen MR) is 73.1 cm³/mol. The van der Waals surface area contributed by atoms with Crippen molar-refractivity contribution >= 4 is 12.2 Å². The van der Waals surface area contributed by atoms with E-state index >= 15 is 0 Å². The predicted octanol–water partition coefficient (Wildman–Crippen LogP) is 3.74. The Kier molecular flexibility index (Phi) is 3.78. The maximum absolute atomic E-state index is 8.98. The molecule has 0 aliphatic carbocycles. The molecule has 0 radical (unpaired) electrons. The van der Waals surface area contributed by atoms with Gasteiger partial charge in [-0.15, -0.1) is 0 Å². The molecule has 0 N–H and O–H groups in total. The monoisotopic (exact) mass is 235 g/mol. The van der Waals surface area contributed by atoms with E-state index < -0.39 is 0 Å². The quantitative estimate of drug-likeness (QED) is 0.759. The van der Waals surface area contributed by atoms with Gasteiger partial charge in [-0.05, 0) is 29.3 Å². The standard InChI is InChI=1S/C16H13NO/c1-18-16-10-7-13(8-11-16)6-9-14-4-2-3-5-15(14)12-17/h2-11H,1H3. The Hall–Kier alpha value is -2.53. The van der Waals surface area contributed by atoms with Crippen molar-refractivity contribution in [3.63, 3.8) is 0 Å². The third kappa shape index (κ3) is 2.78. The fourth-order valence-corrected chi connectivity index (χ4v) is 1.65. The van der Waals surface area contributed by atoms with Crippen molar-refractivity contribution in [2.75, 3.05) is 7.11 Å². The summed E-state index contributed by atoms with van der Waals surface area (Å²) in [5.74, 6) is 0.838. The van der Waals surface area contributed by atoms with E-state index in [1.165, 1.54) is 0 Å². The van der Waals surface area contributed by atoms with Gasteiger partial charge in [0.15, 0.2) is 0 Å². The largest absolute Gasteiger partial charge is 0.497 e. The van der Waals surface area contributed by atoms with Crippen LogP contribution in [0.1, 0.15) is 16.7 Å². The highest BCUT2D eigenvalue weighted by Gasteiger charge is 1.96. The zero-order valence-electron chi connectivity index (χ0n) is 10.1. The number of ether oxygens (including phenoxy) is 1. The molecule has 0 aliphatic heterocycles. The third-order valence-electron chi connectivity index (χ3n) is 2.65. The Morgan fingerprint density at radius 2 is 1.72 bits per heavy atom. The average molecular weight is 235 g/mol. The summed E-state index contributed by atoms with van der Waals surface area (Å²) in [4.78, 5) is 0. The molecule has 2 heteroatoms. The van der Waals surface area contributed by atoms with Crippen molar-refractivity contribution in [3.8, 4) is 11.8 Å². The molecule has 0 fully saturated rings. The van der Waals surface area contributed by atoms with Crippen LogP contribution in [0.3, 0.4) is 0 Å². The lowest BCUT2D eigenvalue weighted by Crippen LogP contribution is -1.82. The topological polar surface area (TPSA) is 33.0 Å². The number of benzene rings is 2. The minimum atomic E-state index is 0.683. The Bertz CT molecular complexity index is 591. The molecular weight excluding hydrogens is 222 g/mol. The van der Waals surface area contributed by atoms with Gasteiger partial charge in [0.05, 0.1) is 18.7 Å². The molecule has 2 aromatic carbocycles. The average Bonchev–Trinajstić information content (AvgIpc) is 2.46. The highest BCUT2D eigenvalue weighted by molar-refractivity contribution is 5.72. The second kappa shape index (κ2) is 5.70. The lowest BCUT2D eigenvalue weighted by molar-refractivity contribution is 0.415. The van der Waals surface area contributed by atoms with Crippen LogP contribution in [0.15, 0.2) is 48.5 Å². The second-order valence-electron chi connectivity index (χ2n) is 3.81. The lowest BCUT2D eigenvalue weighted by Gasteiger charge is -2.00. The van der Waals surface area contributed by atoms with Gasteiger partial charge in [-0.25, -0.2) is 0 Å². The van der Waals surface area contributed by atoms with Crippen LogP contribution in [-0.4, -0.2) is 7.11 Å². The Morgan fingerprint density at radius 3 is 2.39 bits per heavy atom. The highest BCUT2D eigenvalue weighted by Crippen LogP contribution is 2.15. The second-order valence-corrected chi connectivity index (χ2v) is 3.81. The van der Waals surface area contributed by atoms with E-state index in [2.05, 4.69) is 6.07 Å². The number of nitrogens with zero attached hydrogens (tertiary/aromatic N) is 1. The van der Waals surface area contributed by atoms with Crippen LogP contribution >= 0.6 is 0 Å². The summed E-state index contributed by atoms with van der Waals surface area (Å²) in [5, 5.41) is 8.98. The summed E-state index contributed by atoms with van der Waals surface area (Å²) in [6.45, 7) is 0. The molecule has 0 heterocycles. The molecule has 18 heavy (non-hydrogen) atoms. The summed E-state index contributed by atoms with van der Waals surface area (Å²) in [7, 11) is 1.65. The van der Waals surface area contributed by atoms with Crippen molar-refractivity contribution in [2.24, 2.45) is 0 Å². The molecule has 0 bridgehead atoms. The maximum Gasteiger partial charge on any atom is 0.118 e. The SMILES string of the molecule is COc1ccc(C=Cc2ccccc2C#N)cc1. The van der Waals surface area contributed by atoms with E-state index in [0.717, 1.165) is 16.9 Å². The Morgan fingerprint density at radius 1 is 1.00 bits per heavy atom. The summed E-state index contributed by atoms with van der Waals surface area (Å²) in [6, 6.07) is 17.5. The van der Waals surface area contributed by atoms with Gasteiger partial charge in [0, 0.05) is 0 Å². The molecule has 2 aromatic rings. The molecule has 0 saturated heterocycles. The summed E-state index contributed by atoms with van der Waals surface area (Å²) >= 11 is 0. The smallest absolute Gasteiger partial charge is 0.118 e. The highest BCUT2D eigenvalue weighted by atomic mass is 16.5. The van der Waals surface area contributed by atoms with Crippen LogP contribution in [0.4, 0.5) is 0 Å². The molecule has 0 aliphatic rings. The van der Waals surface area contributed by atoms with Crippen molar-refractivity contribution in [1.82, 2.24) is 0 Å². The third-order valence-corrected chi connectivity index (χ3v) is 2.65. The van der Waals surface area contributed by atoms with E-state index in [1.54, 1.807) is 7.11 Å². The molecule has 0 unspecified atom stereocenters. The van der Waals surface area contributed by atoms with Crippen molar-refractivity contribution in [1.29, 1.82) is 5.26 Å². The fraction of sp³-hybridized carbons (Fsp3) is 0.0625. The van der Waals surface area contributed by atoms with Gasteiger partial charge in [0.2, 0.25) is 0 Å². The first-order valence-electron chi connectivity index (χ1n) is 5.65. The Balaban J connectivity index is 2.22. The number of methoxy groups -OCH3 is 1. The van der Waals surface area contributed by atoms with Crippen LogP contribution in [0.5, 0.6) is 5.75 Å². The zero-order valence-corrected chi connectivity index (χ0v) is 10.1. The van der Waals surface area contributed by atoms with E-state index in [9.17, 15) is 0 Å². The molecule has 2 rings (SSSR count). The van der Waals surface area contributed by atoms with Gasteiger partial charge in [-0.1, -0.05) is 42.5 Å². The van der Waals surface area contributed by atoms with E-state index in [-0.39, 0.29) is 0 Å². The molecular formula is C16H13NO. The van der Waals surface area contributed by atoms with Gasteiger partial charge in [-0.3, -0.25) is 0 Å². The Labute approximate surface area is 107 Å². The van der Waals surface area contributed by atoms with Crippen molar-refractivity contribution < 1.29 is 4.74 Å². The molecule has 0 atom stereocenters. The number of nitriles is 1. The first-order valence-corrected chi connectivity index (χ1v) is 5.65. The minimum absolute atomic E-state index is 0.683. The number of hydrogen-bond acceptors (Lipinski definition) is 2. The number of hydrogen-bond donors (Lipinski definition) is 0. The molecule has 0 spiro atoms. The van der Waals surface area contributed by atoms with Crippen molar-refractivity contribution in [2.45, 2.75) is 0 Å². The molecule has 0 amide bonds. The van der Waals surface area contributed by atoms with Gasteiger partial charge in [-0.2, -0.15) is 5.26 Å². The number of rotatable bonds is 3. The normalized spacial score (nSPS) is 10.2. The van der Waals surface area contributed by atoms with E-state index in [1.807, 2.05) is 60.7 Å². The van der Waals surface area contributed by atoms with Crippen LogP contribution in [-0.2, 0) is 0 Å². The molecule has 88 valence electrons. The first kappa shape index (κ1) is 11.9. The van der Waals surface area contributed by atoms with Crippen LogP contribution in [0, 0.1) is 11.3 Å². The summed E-state index contributed by atoms with van der Waals surface area (Å²) < 4.78 is 5.10. The van der Waals surface area contributed by atoms with E-state index in [0.29, 0.717) is 5.56 Å². The minimum Gasteiger partial charge on any atom is -0.497 e. The molecule has 0 aromatic heterocycles. The van der Waals surface area contributed by atoms with Gasteiger partial charge in [0.25, 0.3) is 0 Å². The lowest BCUT2D eigenvalue weighted by atomic mass is 10.1. The first-order chi connectivity index (χ1) is 8.83. The summed E-state index contributed by atoms with van der Waals surface area (Å²) in [5.41, 5.74) is 2.68. The maximum atomic E-state index is 8.98. The fourth-order valence-electron chi connectivity index (χ4n) is 1.65. The molecule has 0 saturated carbocycles. The van der Waals surface area contributed by atoms with Gasteiger partial charge in [0.1, 0.15) is 5.75 Å². The zero-order chi connectivity index (χ0) is 12.8. The van der Waals surface area contributed by atoms with Gasteiger partial charge < -0.3 is 4.74 Å². The van der Waals surface area contributed by atoms with Crippen LogP contribution in [0.25, 0.3) is 12.2 Å². The van der Waals surface area contributed by atoms with Gasteiger partial charge >= 0.3 is 0 Å².